The summed E-state index contributed by atoms with van der Waals surface area (Å²) in [7, 11) is 0. The number of carbonyl (C=O) groups excluding carboxylic acids is 1. The molecule has 1 heterocycles. The first-order valence-electron chi connectivity index (χ1n) is 8.37. The molecule has 24 heavy (non-hydrogen) atoms. The Morgan fingerprint density at radius 2 is 1.83 bits per heavy atom. The lowest BCUT2D eigenvalue weighted by Crippen LogP contribution is -2.25. The molecule has 0 N–H and O–H groups in total. The molecule has 4 heteroatoms. The van der Waals surface area contributed by atoms with Crippen LogP contribution in [0, 0.1) is 0 Å². The molecule has 1 unspecified atom stereocenters. The lowest BCUT2D eigenvalue weighted by atomic mass is 10.1. The van der Waals surface area contributed by atoms with Gasteiger partial charge in [0.2, 0.25) is 0 Å². The Kier molecular flexibility index (Phi) is 5.85. The summed E-state index contributed by atoms with van der Waals surface area (Å²) in [5, 5.41) is 0. The van der Waals surface area contributed by atoms with Gasteiger partial charge in [0.25, 0.3) is 0 Å². The highest BCUT2D eigenvalue weighted by atomic mass is 16.6. The topological polar surface area (TPSA) is 44.8 Å². The third-order valence-electron chi connectivity index (χ3n) is 4.01. The predicted molar refractivity (Wildman–Crippen MR) is 91.1 cm³/mol. The molecule has 1 fully saturated rings. The normalized spacial score (nSPS) is 17.2. The van der Waals surface area contributed by atoms with Crippen LogP contribution >= 0.6 is 0 Å². The molecule has 2 aromatic rings. The smallest absolute Gasteiger partial charge is 0.338 e. The van der Waals surface area contributed by atoms with Crippen molar-refractivity contribution in [1.82, 2.24) is 0 Å². The van der Waals surface area contributed by atoms with E-state index in [0.29, 0.717) is 18.8 Å². The molecule has 3 rings (SSSR count). The van der Waals surface area contributed by atoms with Crippen molar-refractivity contribution in [2.75, 3.05) is 13.2 Å². The van der Waals surface area contributed by atoms with Crippen molar-refractivity contribution in [1.29, 1.82) is 0 Å². The second-order valence-electron chi connectivity index (χ2n) is 5.89. The fourth-order valence-corrected chi connectivity index (χ4v) is 2.61. The minimum absolute atomic E-state index is 0.0428. The van der Waals surface area contributed by atoms with Crippen LogP contribution in [0.4, 0.5) is 0 Å². The highest BCUT2D eigenvalue weighted by Crippen LogP contribution is 2.15. The average Bonchev–Trinajstić information content (AvgIpc) is 2.66. The SMILES string of the molecule is O=C(OCC1CCCCO1)c1ccc(COc2ccccc2)cc1. The zero-order valence-corrected chi connectivity index (χ0v) is 13.6. The summed E-state index contributed by atoms with van der Waals surface area (Å²) in [5.41, 5.74) is 1.56. The maximum atomic E-state index is 12.1. The van der Waals surface area contributed by atoms with Crippen LogP contribution in [0.1, 0.15) is 35.2 Å². The summed E-state index contributed by atoms with van der Waals surface area (Å²) in [4.78, 5) is 12.1. The summed E-state index contributed by atoms with van der Waals surface area (Å²) in [5.74, 6) is 0.521. The standard InChI is InChI=1S/C20H22O4/c21-20(24-15-19-8-4-5-13-22-19)17-11-9-16(10-12-17)14-23-18-6-2-1-3-7-18/h1-3,6-7,9-12,19H,4-5,8,13-15H2. The van der Waals surface area contributed by atoms with Gasteiger partial charge in [0.15, 0.2) is 0 Å². The van der Waals surface area contributed by atoms with Crippen molar-refractivity contribution in [3.63, 3.8) is 0 Å². The number of benzene rings is 2. The molecule has 1 aliphatic heterocycles. The van der Waals surface area contributed by atoms with Crippen LogP contribution in [0.2, 0.25) is 0 Å². The monoisotopic (exact) mass is 326 g/mol. The highest BCUT2D eigenvalue weighted by Gasteiger charge is 2.16. The van der Waals surface area contributed by atoms with Gasteiger partial charge in [-0.25, -0.2) is 4.79 Å². The first-order valence-corrected chi connectivity index (χ1v) is 8.37. The van der Waals surface area contributed by atoms with Crippen LogP contribution in [0.3, 0.4) is 0 Å². The molecule has 0 amide bonds. The minimum atomic E-state index is -0.306. The number of esters is 1. The van der Waals surface area contributed by atoms with Gasteiger partial charge in [-0.2, -0.15) is 0 Å². The third-order valence-corrected chi connectivity index (χ3v) is 4.01. The molecular formula is C20H22O4. The van der Waals surface area contributed by atoms with Gasteiger partial charge in [0.1, 0.15) is 19.0 Å². The summed E-state index contributed by atoms with van der Waals surface area (Å²) in [6.07, 6.45) is 3.24. The van der Waals surface area contributed by atoms with Crippen molar-refractivity contribution < 1.29 is 19.0 Å². The Morgan fingerprint density at radius 1 is 1.04 bits per heavy atom. The Morgan fingerprint density at radius 3 is 2.54 bits per heavy atom. The maximum Gasteiger partial charge on any atom is 0.338 e. The van der Waals surface area contributed by atoms with Gasteiger partial charge < -0.3 is 14.2 Å². The van der Waals surface area contributed by atoms with Gasteiger partial charge in [-0.3, -0.25) is 0 Å². The van der Waals surface area contributed by atoms with Crippen LogP contribution < -0.4 is 4.74 Å². The predicted octanol–water partition coefficient (Wildman–Crippen LogP) is 3.99. The van der Waals surface area contributed by atoms with Gasteiger partial charge in [-0.15, -0.1) is 0 Å². The lowest BCUT2D eigenvalue weighted by molar-refractivity contribution is -0.0300. The van der Waals surface area contributed by atoms with E-state index in [1.165, 1.54) is 0 Å². The van der Waals surface area contributed by atoms with E-state index in [4.69, 9.17) is 14.2 Å². The van der Waals surface area contributed by atoms with Crippen molar-refractivity contribution in [3.05, 3.63) is 65.7 Å². The summed E-state index contributed by atoms with van der Waals surface area (Å²) < 4.78 is 16.6. The van der Waals surface area contributed by atoms with E-state index in [9.17, 15) is 4.79 Å². The number of ether oxygens (including phenoxy) is 3. The van der Waals surface area contributed by atoms with Crippen LogP contribution in [0.25, 0.3) is 0 Å². The van der Waals surface area contributed by atoms with Gasteiger partial charge in [-0.1, -0.05) is 30.3 Å². The highest BCUT2D eigenvalue weighted by molar-refractivity contribution is 5.89. The van der Waals surface area contributed by atoms with Crippen molar-refractivity contribution in [2.45, 2.75) is 32.0 Å². The summed E-state index contributed by atoms with van der Waals surface area (Å²) in [6.45, 7) is 1.56. The molecule has 4 nitrogen and oxygen atoms in total. The first-order chi connectivity index (χ1) is 11.8. The Labute approximate surface area is 142 Å². The number of rotatable bonds is 6. The summed E-state index contributed by atoms with van der Waals surface area (Å²) in [6, 6.07) is 17.0. The van der Waals surface area contributed by atoms with Crippen molar-refractivity contribution in [2.24, 2.45) is 0 Å². The molecule has 1 aliphatic rings. The van der Waals surface area contributed by atoms with E-state index in [0.717, 1.165) is 37.2 Å². The molecule has 0 spiro atoms. The van der Waals surface area contributed by atoms with Crippen LogP contribution in [0.5, 0.6) is 5.75 Å². The van der Waals surface area contributed by atoms with E-state index in [2.05, 4.69) is 0 Å². The number of hydrogen-bond donors (Lipinski definition) is 0. The van der Waals surface area contributed by atoms with E-state index < -0.39 is 0 Å². The van der Waals surface area contributed by atoms with Crippen molar-refractivity contribution >= 4 is 5.97 Å². The average molecular weight is 326 g/mol. The quantitative estimate of drug-likeness (QED) is 0.753. The van der Waals surface area contributed by atoms with Gasteiger partial charge >= 0.3 is 5.97 Å². The van der Waals surface area contributed by atoms with E-state index >= 15 is 0 Å². The maximum absolute atomic E-state index is 12.1. The van der Waals surface area contributed by atoms with Gasteiger partial charge in [0, 0.05) is 6.61 Å². The van der Waals surface area contributed by atoms with E-state index in [1.54, 1.807) is 12.1 Å². The van der Waals surface area contributed by atoms with Crippen molar-refractivity contribution in [3.8, 4) is 5.75 Å². The van der Waals surface area contributed by atoms with Crippen LogP contribution in [-0.4, -0.2) is 25.3 Å². The molecular weight excluding hydrogens is 304 g/mol. The fourth-order valence-electron chi connectivity index (χ4n) is 2.61. The molecule has 126 valence electrons. The molecule has 2 aromatic carbocycles. The minimum Gasteiger partial charge on any atom is -0.489 e. The largest absolute Gasteiger partial charge is 0.489 e. The van der Waals surface area contributed by atoms with E-state index in [-0.39, 0.29) is 12.1 Å². The first kappa shape index (κ1) is 16.5. The zero-order chi connectivity index (χ0) is 16.6. The second kappa shape index (κ2) is 8.50. The van der Waals surface area contributed by atoms with Gasteiger partial charge in [0.05, 0.1) is 11.7 Å². The molecule has 1 atom stereocenters. The molecule has 0 aliphatic carbocycles. The number of para-hydroxylation sites is 1. The Balaban J connectivity index is 1.47. The Hall–Kier alpha value is -2.33. The van der Waals surface area contributed by atoms with Crippen LogP contribution in [-0.2, 0) is 16.1 Å². The fraction of sp³-hybridized carbons (Fsp3) is 0.350. The molecule has 0 bridgehead atoms. The lowest BCUT2D eigenvalue weighted by Gasteiger charge is -2.22. The van der Waals surface area contributed by atoms with E-state index in [1.807, 2.05) is 42.5 Å². The molecule has 1 saturated heterocycles. The second-order valence-corrected chi connectivity index (χ2v) is 5.89. The molecule has 0 saturated carbocycles. The molecule has 0 aromatic heterocycles. The summed E-state index contributed by atoms with van der Waals surface area (Å²) >= 11 is 0. The Bertz CT molecular complexity index is 630. The van der Waals surface area contributed by atoms with Crippen LogP contribution in [0.15, 0.2) is 54.6 Å². The third kappa shape index (κ3) is 4.83. The van der Waals surface area contributed by atoms with Gasteiger partial charge in [-0.05, 0) is 49.1 Å². The zero-order valence-electron chi connectivity index (χ0n) is 13.6. The number of hydrogen-bond acceptors (Lipinski definition) is 4. The molecule has 0 radical (unpaired) electrons. The number of carbonyl (C=O) groups is 1.